The van der Waals surface area contributed by atoms with Gasteiger partial charge >= 0.3 is 0 Å². The Morgan fingerprint density at radius 2 is 2.10 bits per heavy atom. The number of carbonyl (C=O) groups is 1. The number of amides is 1. The molecule has 4 heteroatoms. The fourth-order valence-electron chi connectivity index (χ4n) is 3.70. The SMILES string of the molecule is C[C@@H]1C2CC(CC2=NNC(=O)c2ccncc2)C1(C)C. The zero-order chi connectivity index (χ0) is 14.3. The maximum Gasteiger partial charge on any atom is 0.271 e. The van der Waals surface area contributed by atoms with Crippen molar-refractivity contribution < 1.29 is 4.79 Å². The topological polar surface area (TPSA) is 54.4 Å². The van der Waals surface area contributed by atoms with Crippen molar-refractivity contribution in [2.45, 2.75) is 33.6 Å². The van der Waals surface area contributed by atoms with E-state index in [4.69, 9.17) is 0 Å². The van der Waals surface area contributed by atoms with Gasteiger partial charge in [0.2, 0.25) is 0 Å². The molecular weight excluding hydrogens is 250 g/mol. The van der Waals surface area contributed by atoms with Crippen molar-refractivity contribution >= 4 is 11.6 Å². The second kappa shape index (κ2) is 4.69. The van der Waals surface area contributed by atoms with Gasteiger partial charge in [-0.05, 0) is 42.2 Å². The van der Waals surface area contributed by atoms with Crippen molar-refractivity contribution in [1.82, 2.24) is 10.4 Å². The summed E-state index contributed by atoms with van der Waals surface area (Å²) in [5, 5.41) is 4.39. The lowest BCUT2D eigenvalue weighted by Gasteiger charge is -2.36. The van der Waals surface area contributed by atoms with E-state index in [1.165, 1.54) is 12.1 Å². The lowest BCUT2D eigenvalue weighted by atomic mass is 9.69. The second-order valence-electron chi connectivity index (χ2n) is 6.63. The van der Waals surface area contributed by atoms with Crippen LogP contribution in [0.5, 0.6) is 0 Å². The molecule has 2 aliphatic rings. The maximum atomic E-state index is 12.0. The van der Waals surface area contributed by atoms with Gasteiger partial charge in [-0.3, -0.25) is 9.78 Å². The van der Waals surface area contributed by atoms with Crippen LogP contribution in [-0.2, 0) is 0 Å². The predicted octanol–water partition coefficient (Wildman–Crippen LogP) is 2.87. The number of pyridine rings is 1. The summed E-state index contributed by atoms with van der Waals surface area (Å²) in [6.45, 7) is 7.02. The Hall–Kier alpha value is -1.71. The number of carbonyl (C=O) groups excluding carboxylic acids is 1. The molecule has 2 aliphatic carbocycles. The molecular formula is C16H21N3O. The van der Waals surface area contributed by atoms with Gasteiger partial charge in [-0.15, -0.1) is 0 Å². The van der Waals surface area contributed by atoms with Crippen LogP contribution in [0.15, 0.2) is 29.6 Å². The Kier molecular flexibility index (Phi) is 3.11. The molecule has 3 atom stereocenters. The highest BCUT2D eigenvalue weighted by Crippen LogP contribution is 2.57. The van der Waals surface area contributed by atoms with Crippen LogP contribution < -0.4 is 5.43 Å². The summed E-state index contributed by atoms with van der Waals surface area (Å²) in [5.74, 6) is 1.72. The van der Waals surface area contributed by atoms with Gasteiger partial charge in [0.25, 0.3) is 5.91 Å². The van der Waals surface area contributed by atoms with Crippen molar-refractivity contribution in [3.05, 3.63) is 30.1 Å². The van der Waals surface area contributed by atoms with Gasteiger partial charge in [-0.1, -0.05) is 20.8 Å². The minimum atomic E-state index is -0.158. The normalized spacial score (nSPS) is 32.5. The smallest absolute Gasteiger partial charge is 0.267 e. The summed E-state index contributed by atoms with van der Waals surface area (Å²) in [4.78, 5) is 15.9. The summed E-state index contributed by atoms with van der Waals surface area (Å²) in [7, 11) is 0. The summed E-state index contributed by atoms with van der Waals surface area (Å²) in [5.41, 5.74) is 4.87. The van der Waals surface area contributed by atoms with Crippen LogP contribution in [0.4, 0.5) is 0 Å². The number of fused-ring (bicyclic) bond motifs is 2. The quantitative estimate of drug-likeness (QED) is 0.841. The third kappa shape index (κ3) is 2.03. The second-order valence-corrected chi connectivity index (χ2v) is 6.63. The molecule has 1 heterocycles. The molecule has 3 rings (SSSR count). The van der Waals surface area contributed by atoms with Crippen LogP contribution in [0, 0.1) is 23.2 Å². The third-order valence-corrected chi connectivity index (χ3v) is 5.49. The first-order valence-corrected chi connectivity index (χ1v) is 7.27. The standard InChI is InChI=1S/C16H21N3O/c1-10-13-8-12(16(10,2)3)9-14(13)18-19-15(20)11-4-6-17-7-5-11/h4-7,10,12-13H,8-9H2,1-3H3,(H,19,20)/t10-,12?,13?/m1/s1. The molecule has 0 aromatic carbocycles. The molecule has 20 heavy (non-hydrogen) atoms. The molecule has 1 N–H and O–H groups in total. The van der Waals surface area contributed by atoms with Crippen LogP contribution in [-0.4, -0.2) is 16.6 Å². The van der Waals surface area contributed by atoms with E-state index in [9.17, 15) is 4.79 Å². The van der Waals surface area contributed by atoms with Crippen LogP contribution in [0.2, 0.25) is 0 Å². The lowest BCUT2D eigenvalue weighted by Crippen LogP contribution is -2.34. The molecule has 0 saturated heterocycles. The molecule has 2 fully saturated rings. The summed E-state index contributed by atoms with van der Waals surface area (Å²) in [6, 6.07) is 3.39. The van der Waals surface area contributed by atoms with E-state index in [2.05, 4.69) is 36.3 Å². The molecule has 1 aromatic rings. The number of nitrogens with one attached hydrogen (secondary N) is 1. The molecule has 1 aromatic heterocycles. The van der Waals surface area contributed by atoms with E-state index in [0.29, 0.717) is 28.7 Å². The Bertz CT molecular complexity index is 546. The molecule has 0 radical (unpaired) electrons. The van der Waals surface area contributed by atoms with Gasteiger partial charge in [0.05, 0.1) is 0 Å². The van der Waals surface area contributed by atoms with Crippen molar-refractivity contribution in [2.24, 2.45) is 28.3 Å². The van der Waals surface area contributed by atoms with Crippen LogP contribution in [0.3, 0.4) is 0 Å². The highest BCUT2D eigenvalue weighted by Gasteiger charge is 2.53. The number of hydrogen-bond acceptors (Lipinski definition) is 3. The van der Waals surface area contributed by atoms with Crippen LogP contribution in [0.25, 0.3) is 0 Å². The zero-order valence-corrected chi connectivity index (χ0v) is 12.3. The minimum absolute atomic E-state index is 0.158. The van der Waals surface area contributed by atoms with E-state index >= 15 is 0 Å². The van der Waals surface area contributed by atoms with Crippen molar-refractivity contribution in [3.63, 3.8) is 0 Å². The first-order chi connectivity index (χ1) is 9.50. The first kappa shape index (κ1) is 13.3. The predicted molar refractivity (Wildman–Crippen MR) is 78.3 cm³/mol. The highest BCUT2D eigenvalue weighted by atomic mass is 16.2. The van der Waals surface area contributed by atoms with Gasteiger partial charge in [-0.2, -0.15) is 5.10 Å². The average molecular weight is 271 g/mol. The van der Waals surface area contributed by atoms with Gasteiger partial charge in [-0.25, -0.2) is 5.43 Å². The van der Waals surface area contributed by atoms with E-state index in [1.807, 2.05) is 0 Å². The molecule has 2 saturated carbocycles. The fourth-order valence-corrected chi connectivity index (χ4v) is 3.70. The molecule has 106 valence electrons. The lowest BCUT2D eigenvalue weighted by molar-refractivity contribution is 0.0954. The van der Waals surface area contributed by atoms with Gasteiger partial charge in [0, 0.05) is 29.6 Å². The molecule has 0 aliphatic heterocycles. The maximum absolute atomic E-state index is 12.0. The van der Waals surface area contributed by atoms with E-state index in [1.54, 1.807) is 24.5 Å². The van der Waals surface area contributed by atoms with Gasteiger partial charge < -0.3 is 0 Å². The van der Waals surface area contributed by atoms with Crippen molar-refractivity contribution in [1.29, 1.82) is 0 Å². The number of nitrogens with zero attached hydrogens (tertiary/aromatic N) is 2. The Labute approximate surface area is 119 Å². The van der Waals surface area contributed by atoms with Crippen molar-refractivity contribution in [3.8, 4) is 0 Å². The molecule has 2 unspecified atom stereocenters. The monoisotopic (exact) mass is 271 g/mol. The Balaban J connectivity index is 1.69. The molecule has 0 spiro atoms. The summed E-state index contributed by atoms with van der Waals surface area (Å²) in [6.07, 6.45) is 5.48. The number of hydrogen-bond donors (Lipinski definition) is 1. The minimum Gasteiger partial charge on any atom is -0.267 e. The molecule has 1 amide bonds. The Morgan fingerprint density at radius 3 is 2.70 bits per heavy atom. The van der Waals surface area contributed by atoms with Crippen LogP contribution >= 0.6 is 0 Å². The molecule has 4 nitrogen and oxygen atoms in total. The number of aromatic nitrogens is 1. The zero-order valence-electron chi connectivity index (χ0n) is 12.3. The third-order valence-electron chi connectivity index (χ3n) is 5.49. The number of rotatable bonds is 2. The van der Waals surface area contributed by atoms with E-state index < -0.39 is 0 Å². The Morgan fingerprint density at radius 1 is 1.40 bits per heavy atom. The molecule has 2 bridgehead atoms. The summed E-state index contributed by atoms with van der Waals surface area (Å²) >= 11 is 0. The van der Waals surface area contributed by atoms with Crippen LogP contribution in [0.1, 0.15) is 44.0 Å². The average Bonchev–Trinajstić information content (AvgIpc) is 2.97. The summed E-state index contributed by atoms with van der Waals surface area (Å²) < 4.78 is 0. The van der Waals surface area contributed by atoms with Gasteiger partial charge in [0.1, 0.15) is 0 Å². The fraction of sp³-hybridized carbons (Fsp3) is 0.562. The first-order valence-electron chi connectivity index (χ1n) is 7.27. The largest absolute Gasteiger partial charge is 0.271 e. The van der Waals surface area contributed by atoms with Crippen molar-refractivity contribution in [2.75, 3.05) is 0 Å². The van der Waals surface area contributed by atoms with E-state index in [-0.39, 0.29) is 5.91 Å². The van der Waals surface area contributed by atoms with Gasteiger partial charge in [0.15, 0.2) is 0 Å². The number of hydrazone groups is 1. The van der Waals surface area contributed by atoms with E-state index in [0.717, 1.165) is 6.42 Å². The highest BCUT2D eigenvalue weighted by molar-refractivity contribution is 5.96.